The number of hydrogen-bond donors (Lipinski definition) is 3. The molecule has 0 spiro atoms. The molecule has 1 aliphatic carbocycles. The van der Waals surface area contributed by atoms with E-state index in [0.29, 0.717) is 40.6 Å². The third kappa shape index (κ3) is 2.97. The number of nitrogens with one attached hydrogen (secondary N) is 2. The Hall–Kier alpha value is -2.47. The van der Waals surface area contributed by atoms with Gasteiger partial charge in [-0.3, -0.25) is 9.59 Å². The Labute approximate surface area is 143 Å². The predicted molar refractivity (Wildman–Crippen MR) is 91.3 cm³/mol. The molecule has 1 heterocycles. The van der Waals surface area contributed by atoms with Crippen LogP contribution in [0.2, 0.25) is 5.02 Å². The number of benzene rings is 1. The maximum Gasteiger partial charge on any atom is 0.265 e. The number of halogens is 1. The van der Waals surface area contributed by atoms with E-state index in [1.54, 1.807) is 12.1 Å². The third-order valence-corrected chi connectivity index (χ3v) is 4.35. The predicted octanol–water partition coefficient (Wildman–Crippen LogP) is 2.87. The number of aromatic hydroxyl groups is 1. The zero-order valence-corrected chi connectivity index (χ0v) is 13.9. The van der Waals surface area contributed by atoms with Gasteiger partial charge in [-0.1, -0.05) is 11.6 Å². The van der Waals surface area contributed by atoms with Crippen LogP contribution in [0.3, 0.4) is 0 Å². The summed E-state index contributed by atoms with van der Waals surface area (Å²) in [5, 5.41) is 13.4. The van der Waals surface area contributed by atoms with Gasteiger partial charge in [0.1, 0.15) is 17.1 Å². The van der Waals surface area contributed by atoms with Crippen molar-refractivity contribution in [3.63, 3.8) is 0 Å². The Morgan fingerprint density at radius 3 is 2.83 bits per heavy atom. The van der Waals surface area contributed by atoms with Crippen LogP contribution < -0.4 is 15.6 Å². The molecule has 1 aliphatic rings. The number of hydrogen-bond acceptors (Lipinski definition) is 4. The highest BCUT2D eigenvalue weighted by atomic mass is 35.5. The molecule has 7 heteroatoms. The minimum absolute atomic E-state index is 0.244. The molecular formula is C17H17ClN2O4. The molecule has 0 saturated heterocycles. The minimum atomic E-state index is -0.706. The van der Waals surface area contributed by atoms with E-state index in [4.69, 9.17) is 16.3 Å². The Morgan fingerprint density at radius 1 is 1.33 bits per heavy atom. The number of H-pyrrole nitrogens is 1. The summed E-state index contributed by atoms with van der Waals surface area (Å²) in [5.41, 5.74) is 0.778. The molecule has 6 nitrogen and oxygen atoms in total. The fourth-order valence-electron chi connectivity index (χ4n) is 2.94. The van der Waals surface area contributed by atoms with E-state index in [1.807, 2.05) is 0 Å². The van der Waals surface area contributed by atoms with Crippen molar-refractivity contribution in [2.75, 3.05) is 12.4 Å². The molecule has 1 aromatic heterocycles. The zero-order valence-electron chi connectivity index (χ0n) is 13.1. The number of anilines is 1. The Kier molecular flexibility index (Phi) is 4.49. The molecular weight excluding hydrogens is 332 g/mol. The molecule has 0 bridgehead atoms. The SMILES string of the molecule is COc1ccc(Cl)cc1NC(=O)c1c(O)c2c([nH]c1=O)CCCC2. The molecule has 0 radical (unpaired) electrons. The second kappa shape index (κ2) is 6.57. The smallest absolute Gasteiger partial charge is 0.265 e. The van der Waals surface area contributed by atoms with E-state index in [1.165, 1.54) is 13.2 Å². The molecule has 126 valence electrons. The molecule has 1 aromatic carbocycles. The number of aromatic nitrogens is 1. The standard InChI is InChI=1S/C17H17ClN2O4/c1-24-13-7-6-9(18)8-12(13)20-17(23)14-15(21)10-4-2-3-5-11(10)19-16(14)22/h6-8H,2-5H2,1H3,(H,20,23)(H2,19,21,22). The van der Waals surface area contributed by atoms with Crippen LogP contribution in [-0.4, -0.2) is 23.1 Å². The molecule has 0 aliphatic heterocycles. The topological polar surface area (TPSA) is 91.4 Å². The van der Waals surface area contributed by atoms with Gasteiger partial charge >= 0.3 is 0 Å². The fourth-order valence-corrected chi connectivity index (χ4v) is 3.11. The van der Waals surface area contributed by atoms with E-state index < -0.39 is 11.5 Å². The Morgan fingerprint density at radius 2 is 2.08 bits per heavy atom. The van der Waals surface area contributed by atoms with Crippen molar-refractivity contribution in [1.29, 1.82) is 0 Å². The highest BCUT2D eigenvalue weighted by Crippen LogP contribution is 2.31. The van der Waals surface area contributed by atoms with Crippen LogP contribution in [0.25, 0.3) is 0 Å². The average Bonchev–Trinajstić information content (AvgIpc) is 2.55. The lowest BCUT2D eigenvalue weighted by Crippen LogP contribution is -2.26. The molecule has 0 fully saturated rings. The Balaban J connectivity index is 1.99. The van der Waals surface area contributed by atoms with Gasteiger partial charge in [-0.2, -0.15) is 0 Å². The van der Waals surface area contributed by atoms with Crippen LogP contribution >= 0.6 is 11.6 Å². The first kappa shape index (κ1) is 16.4. The van der Waals surface area contributed by atoms with Crippen molar-refractivity contribution in [2.45, 2.75) is 25.7 Å². The largest absolute Gasteiger partial charge is 0.507 e. The summed E-state index contributed by atoms with van der Waals surface area (Å²) in [5.74, 6) is -0.545. The monoisotopic (exact) mass is 348 g/mol. The number of aryl methyl sites for hydroxylation is 1. The summed E-state index contributed by atoms with van der Waals surface area (Å²) in [7, 11) is 1.46. The minimum Gasteiger partial charge on any atom is -0.507 e. The first-order valence-corrected chi connectivity index (χ1v) is 8.01. The van der Waals surface area contributed by atoms with E-state index in [9.17, 15) is 14.7 Å². The number of aromatic amines is 1. The van der Waals surface area contributed by atoms with Gasteiger partial charge in [0.15, 0.2) is 0 Å². The number of ether oxygens (including phenoxy) is 1. The summed E-state index contributed by atoms with van der Waals surface area (Å²) in [4.78, 5) is 27.5. The quantitative estimate of drug-likeness (QED) is 0.795. The van der Waals surface area contributed by atoms with Gasteiger partial charge < -0.3 is 20.1 Å². The van der Waals surface area contributed by atoms with Crippen LogP contribution in [0.5, 0.6) is 11.5 Å². The van der Waals surface area contributed by atoms with Crippen molar-refractivity contribution in [3.05, 3.63) is 50.4 Å². The number of pyridine rings is 1. The highest BCUT2D eigenvalue weighted by Gasteiger charge is 2.24. The van der Waals surface area contributed by atoms with Crippen molar-refractivity contribution >= 4 is 23.2 Å². The van der Waals surface area contributed by atoms with Crippen LogP contribution in [0, 0.1) is 0 Å². The number of carbonyl (C=O) groups is 1. The van der Waals surface area contributed by atoms with E-state index >= 15 is 0 Å². The van der Waals surface area contributed by atoms with Gasteiger partial charge in [0.05, 0.1) is 12.8 Å². The molecule has 2 aromatic rings. The van der Waals surface area contributed by atoms with E-state index in [0.717, 1.165) is 12.8 Å². The van der Waals surface area contributed by atoms with Crippen molar-refractivity contribution in [2.24, 2.45) is 0 Å². The van der Waals surface area contributed by atoms with Crippen molar-refractivity contribution in [3.8, 4) is 11.5 Å². The number of fused-ring (bicyclic) bond motifs is 1. The number of amides is 1. The number of carbonyl (C=O) groups excluding carboxylic acids is 1. The van der Waals surface area contributed by atoms with Crippen molar-refractivity contribution in [1.82, 2.24) is 4.98 Å². The van der Waals surface area contributed by atoms with E-state index in [2.05, 4.69) is 10.3 Å². The first-order valence-electron chi connectivity index (χ1n) is 7.63. The summed E-state index contributed by atoms with van der Waals surface area (Å²) >= 11 is 5.94. The van der Waals surface area contributed by atoms with Crippen LogP contribution in [-0.2, 0) is 12.8 Å². The third-order valence-electron chi connectivity index (χ3n) is 4.12. The van der Waals surface area contributed by atoms with Crippen LogP contribution in [0.4, 0.5) is 5.69 Å². The van der Waals surface area contributed by atoms with E-state index in [-0.39, 0.29) is 11.3 Å². The molecule has 3 N–H and O–H groups in total. The van der Waals surface area contributed by atoms with Gasteiger partial charge in [0.25, 0.3) is 11.5 Å². The zero-order chi connectivity index (χ0) is 17.3. The molecule has 3 rings (SSSR count). The molecule has 1 amide bonds. The highest BCUT2D eigenvalue weighted by molar-refractivity contribution is 6.31. The summed E-state index contributed by atoms with van der Waals surface area (Å²) in [6.45, 7) is 0. The first-order chi connectivity index (χ1) is 11.5. The second-order valence-electron chi connectivity index (χ2n) is 5.64. The van der Waals surface area contributed by atoms with Gasteiger partial charge in [-0.15, -0.1) is 0 Å². The Bertz CT molecular complexity index is 860. The number of rotatable bonds is 3. The lowest BCUT2D eigenvalue weighted by molar-refractivity contribution is 0.102. The summed E-state index contributed by atoms with van der Waals surface area (Å²) in [6.07, 6.45) is 3.20. The summed E-state index contributed by atoms with van der Waals surface area (Å²) < 4.78 is 5.17. The summed E-state index contributed by atoms with van der Waals surface area (Å²) in [6, 6.07) is 4.75. The maximum absolute atomic E-state index is 12.5. The average molecular weight is 349 g/mol. The van der Waals surface area contributed by atoms with Crippen LogP contribution in [0.1, 0.15) is 34.5 Å². The van der Waals surface area contributed by atoms with Gasteiger partial charge in [0, 0.05) is 16.3 Å². The van der Waals surface area contributed by atoms with Crippen LogP contribution in [0.15, 0.2) is 23.0 Å². The second-order valence-corrected chi connectivity index (χ2v) is 6.08. The van der Waals surface area contributed by atoms with Gasteiger partial charge in [-0.25, -0.2) is 0 Å². The molecule has 24 heavy (non-hydrogen) atoms. The van der Waals surface area contributed by atoms with Crippen molar-refractivity contribution < 1.29 is 14.6 Å². The molecule has 0 saturated carbocycles. The number of methoxy groups -OCH3 is 1. The lowest BCUT2D eigenvalue weighted by Gasteiger charge is -2.18. The normalized spacial score (nSPS) is 13.2. The van der Waals surface area contributed by atoms with Gasteiger partial charge in [0.2, 0.25) is 0 Å². The fraction of sp³-hybridized carbons (Fsp3) is 0.294. The van der Waals surface area contributed by atoms with Gasteiger partial charge in [-0.05, 0) is 43.9 Å². The molecule has 0 atom stereocenters. The maximum atomic E-state index is 12.5. The molecule has 0 unspecified atom stereocenters. The lowest BCUT2D eigenvalue weighted by atomic mass is 9.93.